The molecule has 0 amide bonds. The molecule has 2 N–H and O–H groups in total. The summed E-state index contributed by atoms with van der Waals surface area (Å²) in [7, 11) is 3.53. The molecular weight excluding hydrogens is 410 g/mol. The second-order valence-corrected chi connectivity index (χ2v) is 8.44. The zero-order valence-electron chi connectivity index (χ0n) is 17.7. The quantitative estimate of drug-likeness (QED) is 0.426. The average Bonchev–Trinajstić information content (AvgIpc) is 3.40. The third-order valence-corrected chi connectivity index (χ3v) is 5.85. The molecule has 0 bridgehead atoms. The molecule has 0 saturated heterocycles. The lowest BCUT2D eigenvalue weighted by Gasteiger charge is -2.13. The van der Waals surface area contributed by atoms with Gasteiger partial charge in [0.15, 0.2) is 0 Å². The van der Waals surface area contributed by atoms with Gasteiger partial charge in [0.05, 0.1) is 28.9 Å². The fourth-order valence-electron chi connectivity index (χ4n) is 3.11. The van der Waals surface area contributed by atoms with Gasteiger partial charge < -0.3 is 10.7 Å². The van der Waals surface area contributed by atoms with Gasteiger partial charge in [0.1, 0.15) is 10.8 Å². The lowest BCUT2D eigenvalue weighted by Crippen LogP contribution is -2.14. The topological polar surface area (TPSA) is 118 Å². The van der Waals surface area contributed by atoms with Crippen molar-refractivity contribution in [2.75, 3.05) is 12.4 Å². The van der Waals surface area contributed by atoms with Crippen LogP contribution in [0.4, 0.5) is 10.9 Å². The van der Waals surface area contributed by atoms with Crippen molar-refractivity contribution >= 4 is 45.2 Å². The molecule has 0 aromatic carbocycles. The Balaban J connectivity index is 1.65. The van der Waals surface area contributed by atoms with Crippen LogP contribution in [0.3, 0.4) is 0 Å². The Kier molecular flexibility index (Phi) is 5.81. The van der Waals surface area contributed by atoms with Crippen LogP contribution in [-0.2, 0) is 7.05 Å². The van der Waals surface area contributed by atoms with Crippen molar-refractivity contribution in [2.24, 2.45) is 12.0 Å². The van der Waals surface area contributed by atoms with E-state index in [9.17, 15) is 0 Å². The van der Waals surface area contributed by atoms with E-state index in [2.05, 4.69) is 44.4 Å². The van der Waals surface area contributed by atoms with Crippen LogP contribution in [0.25, 0.3) is 11.0 Å². The van der Waals surface area contributed by atoms with E-state index in [-0.39, 0.29) is 5.92 Å². The zero-order valence-corrected chi connectivity index (χ0v) is 18.6. The predicted octanol–water partition coefficient (Wildman–Crippen LogP) is 3.93. The average molecular weight is 434 g/mol. The molecule has 4 aromatic rings. The van der Waals surface area contributed by atoms with Gasteiger partial charge in [-0.25, -0.2) is 4.98 Å². The van der Waals surface area contributed by atoms with E-state index >= 15 is 0 Å². The van der Waals surface area contributed by atoms with Gasteiger partial charge in [0.25, 0.3) is 0 Å². The number of nitrogens with zero attached hydrogens (tertiary/aromatic N) is 7. The summed E-state index contributed by atoms with van der Waals surface area (Å²) in [5.41, 5.74) is 3.49. The Hall–Kier alpha value is -3.53. The number of nitrogens with one attached hydrogen (secondary N) is 2. The molecule has 0 radical (unpaired) electrons. The van der Waals surface area contributed by atoms with Crippen molar-refractivity contribution in [3.05, 3.63) is 52.9 Å². The fraction of sp³-hybridized carbons (Fsp3) is 0.286. The molecule has 0 aliphatic heterocycles. The number of fused-ring (bicyclic) bond motifs is 1. The van der Waals surface area contributed by atoms with Crippen molar-refractivity contribution in [2.45, 2.75) is 25.7 Å². The minimum Gasteiger partial charge on any atom is -0.315 e. The zero-order chi connectivity index (χ0) is 22.0. The van der Waals surface area contributed by atoms with Crippen LogP contribution in [0.5, 0.6) is 0 Å². The molecule has 1 unspecified atom stereocenters. The summed E-state index contributed by atoms with van der Waals surface area (Å²) in [6.07, 6.45) is 7.02. The monoisotopic (exact) mass is 433 g/mol. The van der Waals surface area contributed by atoms with Gasteiger partial charge in [-0.05, 0) is 23.8 Å². The highest BCUT2D eigenvalue weighted by atomic mass is 32.1. The van der Waals surface area contributed by atoms with E-state index in [0.29, 0.717) is 22.6 Å². The van der Waals surface area contributed by atoms with Crippen molar-refractivity contribution < 1.29 is 0 Å². The maximum atomic E-state index is 8.66. The molecular formula is C21H23N9S. The first-order valence-corrected chi connectivity index (χ1v) is 10.6. The smallest absolute Gasteiger partial charge is 0.211 e. The van der Waals surface area contributed by atoms with Crippen molar-refractivity contribution in [1.82, 2.24) is 29.9 Å². The fourth-order valence-corrected chi connectivity index (χ4v) is 3.86. The van der Waals surface area contributed by atoms with Crippen molar-refractivity contribution in [3.63, 3.8) is 0 Å². The minimum atomic E-state index is -0.346. The summed E-state index contributed by atoms with van der Waals surface area (Å²) in [6, 6.07) is 5.73. The van der Waals surface area contributed by atoms with Crippen LogP contribution >= 0.6 is 11.3 Å². The number of anilines is 2. The number of aliphatic imine (C=N–C) groups is 1. The molecule has 4 aromatic heterocycles. The Bertz CT molecular complexity index is 1250. The largest absolute Gasteiger partial charge is 0.315 e. The van der Waals surface area contributed by atoms with Crippen LogP contribution in [0, 0.1) is 5.41 Å². The molecule has 0 saturated carbocycles. The van der Waals surface area contributed by atoms with Gasteiger partial charge in [-0.2, -0.15) is 5.10 Å². The van der Waals surface area contributed by atoms with Gasteiger partial charge in [0.2, 0.25) is 5.13 Å². The SMILES string of the molecule is CN=CC(C(=N)c1cnn(C)c1)c1cnc2ccc(Nc3nnc(C(C)C)s3)nc2c1. The predicted molar refractivity (Wildman–Crippen MR) is 124 cm³/mol. The molecule has 9 nitrogen and oxygen atoms in total. The molecule has 4 heterocycles. The highest BCUT2D eigenvalue weighted by Gasteiger charge is 2.19. The van der Waals surface area contributed by atoms with Crippen LogP contribution < -0.4 is 5.32 Å². The van der Waals surface area contributed by atoms with Gasteiger partial charge in [0, 0.05) is 44.2 Å². The maximum Gasteiger partial charge on any atom is 0.211 e. The van der Waals surface area contributed by atoms with Crippen LogP contribution in [0.2, 0.25) is 0 Å². The van der Waals surface area contributed by atoms with E-state index in [1.807, 2.05) is 31.4 Å². The maximum absolute atomic E-state index is 8.66. The van der Waals surface area contributed by atoms with Crippen LogP contribution in [-0.4, -0.2) is 48.9 Å². The standard InChI is InChI=1S/C21H23N9S/c1-12(2)20-28-29-21(31-20)27-18-6-5-16-17(26-18)7-13(8-24-16)15(10-23-3)19(22)14-9-25-30(4)11-14/h5-12,15,22H,1-4H3,(H,26,27,29). The Morgan fingerprint density at radius 2 is 2.06 bits per heavy atom. The van der Waals surface area contributed by atoms with Crippen molar-refractivity contribution in [3.8, 4) is 0 Å². The molecule has 4 rings (SSSR count). The molecule has 31 heavy (non-hydrogen) atoms. The van der Waals surface area contributed by atoms with Gasteiger partial charge in [-0.1, -0.05) is 25.2 Å². The molecule has 158 valence electrons. The number of rotatable bonds is 7. The van der Waals surface area contributed by atoms with Crippen LogP contribution in [0.1, 0.15) is 41.8 Å². The van der Waals surface area contributed by atoms with E-state index in [1.54, 1.807) is 30.3 Å². The van der Waals surface area contributed by atoms with Crippen molar-refractivity contribution in [1.29, 1.82) is 5.41 Å². The Morgan fingerprint density at radius 3 is 2.74 bits per heavy atom. The van der Waals surface area contributed by atoms with E-state index in [0.717, 1.165) is 27.2 Å². The van der Waals surface area contributed by atoms with E-state index in [4.69, 9.17) is 10.4 Å². The lowest BCUT2D eigenvalue weighted by molar-refractivity contribution is 0.767. The third kappa shape index (κ3) is 4.48. The first kappa shape index (κ1) is 20.7. The molecule has 1 atom stereocenters. The van der Waals surface area contributed by atoms with Gasteiger partial charge in [-0.3, -0.25) is 14.7 Å². The summed E-state index contributed by atoms with van der Waals surface area (Å²) in [4.78, 5) is 13.4. The highest BCUT2D eigenvalue weighted by Crippen LogP contribution is 2.26. The molecule has 0 aliphatic carbocycles. The number of aryl methyl sites for hydroxylation is 1. The summed E-state index contributed by atoms with van der Waals surface area (Å²) < 4.78 is 1.68. The Morgan fingerprint density at radius 1 is 1.23 bits per heavy atom. The number of hydrogen-bond acceptors (Lipinski definition) is 9. The van der Waals surface area contributed by atoms with Crippen LogP contribution in [0.15, 0.2) is 41.8 Å². The normalized spacial score (nSPS) is 12.7. The molecule has 0 aliphatic rings. The number of hydrogen-bond donors (Lipinski definition) is 2. The van der Waals surface area contributed by atoms with Gasteiger partial charge >= 0.3 is 0 Å². The lowest BCUT2D eigenvalue weighted by atomic mass is 9.93. The third-order valence-electron chi connectivity index (χ3n) is 4.71. The molecule has 0 fully saturated rings. The second kappa shape index (κ2) is 8.68. The first-order valence-electron chi connectivity index (χ1n) is 9.81. The Labute approximate surface area is 183 Å². The number of aromatic nitrogens is 6. The van der Waals surface area contributed by atoms with E-state index < -0.39 is 0 Å². The highest BCUT2D eigenvalue weighted by molar-refractivity contribution is 7.15. The first-order chi connectivity index (χ1) is 14.9. The van der Waals surface area contributed by atoms with Gasteiger partial charge in [-0.15, -0.1) is 10.2 Å². The molecule has 0 spiro atoms. The number of pyridine rings is 2. The second-order valence-electron chi connectivity index (χ2n) is 7.43. The van der Waals surface area contributed by atoms with E-state index in [1.165, 1.54) is 11.3 Å². The summed E-state index contributed by atoms with van der Waals surface area (Å²) in [6.45, 7) is 4.18. The summed E-state index contributed by atoms with van der Waals surface area (Å²) in [5, 5.41) is 26.1. The summed E-state index contributed by atoms with van der Waals surface area (Å²) in [5.74, 6) is 0.652. The molecule has 10 heteroatoms. The minimum absolute atomic E-state index is 0.330. The summed E-state index contributed by atoms with van der Waals surface area (Å²) >= 11 is 1.52.